The molecular weight excluding hydrogens is 254 g/mol. The van der Waals surface area contributed by atoms with Crippen LogP contribution in [0.3, 0.4) is 0 Å². The van der Waals surface area contributed by atoms with E-state index in [1.807, 2.05) is 0 Å². The van der Waals surface area contributed by atoms with Crippen LogP contribution in [0.25, 0.3) is 0 Å². The third kappa shape index (κ3) is 3.12. The van der Waals surface area contributed by atoms with Crippen molar-refractivity contribution >= 4 is 10.0 Å². The molecule has 0 aliphatic heterocycles. The smallest absolute Gasteiger partial charge is 0.240 e. The fourth-order valence-corrected chi connectivity index (χ4v) is 2.50. The van der Waals surface area contributed by atoms with E-state index in [-0.39, 0.29) is 17.2 Å². The van der Waals surface area contributed by atoms with E-state index in [2.05, 4.69) is 4.72 Å². The first-order valence-electron chi connectivity index (χ1n) is 5.39. The number of rotatable bonds is 5. The van der Waals surface area contributed by atoms with Gasteiger partial charge < -0.3 is 9.52 Å². The number of phenolic OH excluding ortho intramolecular Hbond substituents is 1. The van der Waals surface area contributed by atoms with Gasteiger partial charge in [-0.15, -0.1) is 0 Å². The van der Waals surface area contributed by atoms with Gasteiger partial charge in [-0.25, -0.2) is 13.1 Å². The molecule has 18 heavy (non-hydrogen) atoms. The van der Waals surface area contributed by atoms with Crippen LogP contribution >= 0.6 is 0 Å². The Morgan fingerprint density at radius 2 is 1.89 bits per heavy atom. The first kappa shape index (κ1) is 12.7. The molecule has 0 bridgehead atoms. The lowest BCUT2D eigenvalue weighted by Crippen LogP contribution is -2.25. The van der Waals surface area contributed by atoms with Gasteiger partial charge in [0.2, 0.25) is 10.0 Å². The Balaban J connectivity index is 1.97. The number of nitrogens with one attached hydrogen (secondary N) is 1. The van der Waals surface area contributed by atoms with E-state index >= 15 is 0 Å². The summed E-state index contributed by atoms with van der Waals surface area (Å²) in [6.45, 7) is 0.261. The minimum atomic E-state index is -3.53. The molecule has 6 heteroatoms. The van der Waals surface area contributed by atoms with Gasteiger partial charge in [-0.1, -0.05) is 0 Å². The van der Waals surface area contributed by atoms with Gasteiger partial charge >= 0.3 is 0 Å². The van der Waals surface area contributed by atoms with E-state index < -0.39 is 10.0 Å². The molecular formula is C12H13NO4S. The van der Waals surface area contributed by atoms with Crippen molar-refractivity contribution in [3.05, 3.63) is 48.4 Å². The zero-order valence-corrected chi connectivity index (χ0v) is 10.4. The molecule has 2 rings (SSSR count). The van der Waals surface area contributed by atoms with Crippen molar-refractivity contribution in [2.45, 2.75) is 11.3 Å². The van der Waals surface area contributed by atoms with E-state index in [4.69, 9.17) is 9.52 Å². The van der Waals surface area contributed by atoms with Gasteiger partial charge in [0, 0.05) is 13.0 Å². The maximum Gasteiger partial charge on any atom is 0.240 e. The highest BCUT2D eigenvalue weighted by Crippen LogP contribution is 2.14. The maximum atomic E-state index is 11.8. The number of furan rings is 1. The Kier molecular flexibility index (Phi) is 3.69. The van der Waals surface area contributed by atoms with Crippen LogP contribution in [-0.4, -0.2) is 20.1 Å². The summed E-state index contributed by atoms with van der Waals surface area (Å²) in [5.74, 6) is 0.757. The molecule has 0 radical (unpaired) electrons. The minimum absolute atomic E-state index is 0.0320. The molecule has 0 saturated heterocycles. The second-order valence-corrected chi connectivity index (χ2v) is 5.49. The Morgan fingerprint density at radius 3 is 2.50 bits per heavy atom. The van der Waals surface area contributed by atoms with E-state index in [0.29, 0.717) is 6.42 Å². The lowest BCUT2D eigenvalue weighted by molar-refractivity contribution is 0.474. The lowest BCUT2D eigenvalue weighted by Gasteiger charge is -2.05. The number of benzene rings is 1. The zero-order chi connectivity index (χ0) is 13.0. The highest BCUT2D eigenvalue weighted by molar-refractivity contribution is 7.89. The summed E-state index contributed by atoms with van der Waals surface area (Å²) in [6, 6.07) is 8.91. The van der Waals surface area contributed by atoms with Crippen molar-refractivity contribution in [2.24, 2.45) is 0 Å². The Bertz CT molecular complexity index is 588. The molecule has 0 amide bonds. The fraction of sp³-hybridized carbons (Fsp3) is 0.167. The summed E-state index contributed by atoms with van der Waals surface area (Å²) >= 11 is 0. The lowest BCUT2D eigenvalue weighted by atomic mass is 10.3. The monoisotopic (exact) mass is 267 g/mol. The highest BCUT2D eigenvalue weighted by Gasteiger charge is 2.13. The van der Waals surface area contributed by atoms with Gasteiger partial charge in [0.05, 0.1) is 11.2 Å². The van der Waals surface area contributed by atoms with E-state index in [0.717, 1.165) is 5.76 Å². The van der Waals surface area contributed by atoms with E-state index in [9.17, 15) is 8.42 Å². The second-order valence-electron chi connectivity index (χ2n) is 3.72. The Hall–Kier alpha value is -1.79. The van der Waals surface area contributed by atoms with Gasteiger partial charge in [-0.05, 0) is 36.4 Å². The molecule has 1 heterocycles. The average molecular weight is 267 g/mol. The van der Waals surface area contributed by atoms with Gasteiger partial charge in [-0.2, -0.15) is 0 Å². The molecule has 0 unspecified atom stereocenters. The van der Waals surface area contributed by atoms with Gasteiger partial charge in [0.15, 0.2) is 0 Å². The second kappa shape index (κ2) is 5.24. The van der Waals surface area contributed by atoms with Crippen molar-refractivity contribution in [3.8, 4) is 5.75 Å². The number of phenols is 1. The predicted octanol–water partition coefficient (Wildman–Crippen LogP) is 1.51. The standard InChI is InChI=1S/C12H13NO4S/c14-10-3-5-12(6-4-10)18(15,16)13-8-7-11-2-1-9-17-11/h1-6,9,13-14H,7-8H2. The Labute approximate surface area is 105 Å². The van der Waals surface area contributed by atoms with E-state index in [1.165, 1.54) is 24.3 Å². The third-order valence-corrected chi connectivity index (χ3v) is 3.87. The largest absolute Gasteiger partial charge is 0.508 e. The minimum Gasteiger partial charge on any atom is -0.508 e. The molecule has 2 N–H and O–H groups in total. The molecule has 0 spiro atoms. The molecule has 0 aliphatic carbocycles. The number of hydrogen-bond donors (Lipinski definition) is 2. The van der Waals surface area contributed by atoms with Crippen molar-refractivity contribution in [3.63, 3.8) is 0 Å². The molecule has 96 valence electrons. The van der Waals surface area contributed by atoms with Crippen LogP contribution in [0.2, 0.25) is 0 Å². The first-order valence-corrected chi connectivity index (χ1v) is 6.87. The Morgan fingerprint density at radius 1 is 1.17 bits per heavy atom. The van der Waals surface area contributed by atoms with Crippen molar-refractivity contribution in [2.75, 3.05) is 6.54 Å². The van der Waals surface area contributed by atoms with Crippen LogP contribution in [0.5, 0.6) is 5.75 Å². The highest BCUT2D eigenvalue weighted by atomic mass is 32.2. The van der Waals surface area contributed by atoms with Gasteiger partial charge in [0.25, 0.3) is 0 Å². The SMILES string of the molecule is O=S(=O)(NCCc1ccco1)c1ccc(O)cc1. The van der Waals surface area contributed by atoms with Crippen LogP contribution in [0.15, 0.2) is 52.0 Å². The van der Waals surface area contributed by atoms with Gasteiger partial charge in [0.1, 0.15) is 11.5 Å². The summed E-state index contributed by atoms with van der Waals surface area (Å²) in [5, 5.41) is 9.10. The summed E-state index contributed by atoms with van der Waals surface area (Å²) in [4.78, 5) is 0.125. The summed E-state index contributed by atoms with van der Waals surface area (Å²) in [5.41, 5.74) is 0. The summed E-state index contributed by atoms with van der Waals surface area (Å²) < 4.78 is 31.3. The quantitative estimate of drug-likeness (QED) is 0.860. The number of aromatic hydroxyl groups is 1. The number of sulfonamides is 1. The first-order chi connectivity index (χ1) is 8.58. The summed E-state index contributed by atoms with van der Waals surface area (Å²) in [6.07, 6.45) is 2.04. The zero-order valence-electron chi connectivity index (χ0n) is 9.54. The van der Waals surface area contributed by atoms with Crippen molar-refractivity contribution < 1.29 is 17.9 Å². The van der Waals surface area contributed by atoms with Crippen LogP contribution in [-0.2, 0) is 16.4 Å². The van der Waals surface area contributed by atoms with Gasteiger partial charge in [-0.3, -0.25) is 0 Å². The number of hydrogen-bond acceptors (Lipinski definition) is 4. The average Bonchev–Trinajstić information content (AvgIpc) is 2.82. The normalized spacial score (nSPS) is 11.6. The molecule has 5 nitrogen and oxygen atoms in total. The van der Waals surface area contributed by atoms with Crippen molar-refractivity contribution in [1.82, 2.24) is 4.72 Å². The molecule has 2 aromatic rings. The van der Waals surface area contributed by atoms with E-state index in [1.54, 1.807) is 18.4 Å². The summed E-state index contributed by atoms with van der Waals surface area (Å²) in [7, 11) is -3.53. The van der Waals surface area contributed by atoms with Crippen molar-refractivity contribution in [1.29, 1.82) is 0 Å². The molecule has 1 aromatic carbocycles. The topological polar surface area (TPSA) is 79.5 Å². The maximum absolute atomic E-state index is 11.8. The third-order valence-electron chi connectivity index (χ3n) is 2.39. The van der Waals surface area contributed by atoms with Crippen LogP contribution in [0, 0.1) is 0 Å². The van der Waals surface area contributed by atoms with Crippen LogP contribution in [0.4, 0.5) is 0 Å². The molecule has 1 aromatic heterocycles. The predicted molar refractivity (Wildman–Crippen MR) is 65.7 cm³/mol. The molecule has 0 aliphatic rings. The molecule has 0 saturated carbocycles. The molecule has 0 fully saturated rings. The van der Waals surface area contributed by atoms with Crippen LogP contribution in [0.1, 0.15) is 5.76 Å². The molecule has 0 atom stereocenters. The fourth-order valence-electron chi connectivity index (χ4n) is 1.47. The van der Waals surface area contributed by atoms with Crippen LogP contribution < -0.4 is 4.72 Å².